The number of hydrogen-bond donors (Lipinski definition) is 1. The first-order chi connectivity index (χ1) is 9.78. The molecule has 1 aliphatic heterocycles. The van der Waals surface area contributed by atoms with Crippen LogP contribution in [0.25, 0.3) is 0 Å². The molecule has 3 rings (SSSR count). The van der Waals surface area contributed by atoms with Crippen molar-refractivity contribution in [2.75, 3.05) is 6.61 Å². The van der Waals surface area contributed by atoms with E-state index in [0.29, 0.717) is 18.9 Å². The van der Waals surface area contributed by atoms with Gasteiger partial charge < -0.3 is 15.0 Å². The van der Waals surface area contributed by atoms with Crippen LogP contribution in [0.3, 0.4) is 0 Å². The molecule has 2 N–H and O–H groups in total. The van der Waals surface area contributed by atoms with Crippen molar-refractivity contribution in [3.05, 3.63) is 41.5 Å². The highest BCUT2D eigenvalue weighted by Gasteiger charge is 2.27. The van der Waals surface area contributed by atoms with Crippen molar-refractivity contribution < 1.29 is 9.26 Å². The van der Waals surface area contributed by atoms with Gasteiger partial charge in [-0.15, -0.1) is 0 Å². The molecule has 5 heteroatoms. The van der Waals surface area contributed by atoms with Gasteiger partial charge in [0.05, 0.1) is 12.5 Å². The smallest absolute Gasteiger partial charge is 0.228 e. The highest BCUT2D eigenvalue weighted by Crippen LogP contribution is 2.36. The Morgan fingerprint density at radius 3 is 3.10 bits per heavy atom. The van der Waals surface area contributed by atoms with E-state index in [1.807, 2.05) is 18.2 Å². The van der Waals surface area contributed by atoms with Crippen LogP contribution < -0.4 is 10.5 Å². The zero-order chi connectivity index (χ0) is 13.9. The molecule has 0 saturated heterocycles. The van der Waals surface area contributed by atoms with Gasteiger partial charge in [-0.2, -0.15) is 4.98 Å². The summed E-state index contributed by atoms with van der Waals surface area (Å²) < 4.78 is 11.0. The second-order valence-corrected chi connectivity index (χ2v) is 5.15. The standard InChI is InChI=1S/C15H19N3O2/c1-2-10(16)9-14-17-15(18-20-14)12-7-8-19-13-6-4-3-5-11(12)13/h3-6,10,12H,2,7-9,16H2,1H3. The summed E-state index contributed by atoms with van der Waals surface area (Å²) in [4.78, 5) is 4.51. The van der Waals surface area contributed by atoms with Gasteiger partial charge in [-0.05, 0) is 18.9 Å². The summed E-state index contributed by atoms with van der Waals surface area (Å²) in [6.45, 7) is 2.73. The Bertz CT molecular complexity index is 582. The van der Waals surface area contributed by atoms with Crippen LogP contribution in [0.15, 0.2) is 28.8 Å². The van der Waals surface area contributed by atoms with Gasteiger partial charge in [-0.25, -0.2) is 0 Å². The molecule has 2 heterocycles. The van der Waals surface area contributed by atoms with E-state index in [1.165, 1.54) is 0 Å². The molecule has 0 aliphatic carbocycles. The van der Waals surface area contributed by atoms with Crippen molar-refractivity contribution in [2.24, 2.45) is 5.73 Å². The zero-order valence-electron chi connectivity index (χ0n) is 11.6. The van der Waals surface area contributed by atoms with Gasteiger partial charge in [-0.3, -0.25) is 0 Å². The predicted octanol–water partition coefficient (Wildman–Crippen LogP) is 2.26. The maximum atomic E-state index is 5.92. The molecule has 0 spiro atoms. The average Bonchev–Trinajstić information content (AvgIpc) is 2.94. The number of fused-ring (bicyclic) bond motifs is 1. The number of rotatable bonds is 4. The van der Waals surface area contributed by atoms with Crippen LogP contribution in [0.5, 0.6) is 5.75 Å². The van der Waals surface area contributed by atoms with Crippen LogP contribution >= 0.6 is 0 Å². The number of aromatic nitrogens is 2. The Morgan fingerprint density at radius 1 is 1.40 bits per heavy atom. The lowest BCUT2D eigenvalue weighted by Gasteiger charge is -2.23. The minimum Gasteiger partial charge on any atom is -0.493 e. The predicted molar refractivity (Wildman–Crippen MR) is 74.7 cm³/mol. The molecule has 5 nitrogen and oxygen atoms in total. The van der Waals surface area contributed by atoms with Gasteiger partial charge in [-0.1, -0.05) is 30.3 Å². The van der Waals surface area contributed by atoms with Gasteiger partial charge in [0.1, 0.15) is 5.75 Å². The van der Waals surface area contributed by atoms with E-state index < -0.39 is 0 Å². The summed E-state index contributed by atoms with van der Waals surface area (Å²) in [6.07, 6.45) is 2.40. The number of benzene rings is 1. The van der Waals surface area contributed by atoms with Crippen molar-refractivity contribution >= 4 is 0 Å². The third-order valence-corrected chi connectivity index (χ3v) is 3.72. The van der Waals surface area contributed by atoms with E-state index in [0.717, 1.165) is 30.0 Å². The molecule has 106 valence electrons. The summed E-state index contributed by atoms with van der Waals surface area (Å²) >= 11 is 0. The maximum Gasteiger partial charge on any atom is 0.228 e. The van der Waals surface area contributed by atoms with E-state index in [-0.39, 0.29) is 12.0 Å². The molecule has 2 atom stereocenters. The first kappa shape index (κ1) is 13.1. The van der Waals surface area contributed by atoms with E-state index in [9.17, 15) is 0 Å². The lowest BCUT2D eigenvalue weighted by Crippen LogP contribution is -2.21. The molecular formula is C15H19N3O2. The molecule has 1 aliphatic rings. The third-order valence-electron chi connectivity index (χ3n) is 3.72. The van der Waals surface area contributed by atoms with Gasteiger partial charge >= 0.3 is 0 Å². The lowest BCUT2D eigenvalue weighted by atomic mass is 9.92. The maximum absolute atomic E-state index is 5.92. The highest BCUT2D eigenvalue weighted by atomic mass is 16.5. The Hall–Kier alpha value is -1.88. The third kappa shape index (κ3) is 2.54. The SMILES string of the molecule is CCC(N)Cc1nc(C2CCOc3ccccc32)no1. The topological polar surface area (TPSA) is 74.2 Å². The Balaban J connectivity index is 1.84. The van der Waals surface area contributed by atoms with Crippen LogP contribution in [0, 0.1) is 0 Å². The van der Waals surface area contributed by atoms with Crippen LogP contribution in [-0.4, -0.2) is 22.8 Å². The van der Waals surface area contributed by atoms with Gasteiger partial charge in [0.2, 0.25) is 5.89 Å². The number of ether oxygens (including phenoxy) is 1. The molecule has 1 aromatic carbocycles. The lowest BCUT2D eigenvalue weighted by molar-refractivity contribution is 0.272. The summed E-state index contributed by atoms with van der Waals surface area (Å²) in [5, 5.41) is 4.13. The molecule has 0 fully saturated rings. The first-order valence-corrected chi connectivity index (χ1v) is 7.07. The summed E-state index contributed by atoms with van der Waals surface area (Å²) in [5.41, 5.74) is 7.05. The summed E-state index contributed by atoms with van der Waals surface area (Å²) in [6, 6.07) is 8.10. The zero-order valence-corrected chi connectivity index (χ0v) is 11.6. The number of para-hydroxylation sites is 1. The van der Waals surface area contributed by atoms with Gasteiger partial charge in [0, 0.05) is 18.0 Å². The van der Waals surface area contributed by atoms with Crippen molar-refractivity contribution in [3.63, 3.8) is 0 Å². The van der Waals surface area contributed by atoms with Crippen molar-refractivity contribution in [1.82, 2.24) is 10.1 Å². The minimum absolute atomic E-state index is 0.0743. The monoisotopic (exact) mass is 273 g/mol. The fourth-order valence-corrected chi connectivity index (χ4v) is 2.47. The molecule has 1 aromatic heterocycles. The number of nitrogens with two attached hydrogens (primary N) is 1. The number of nitrogens with zero attached hydrogens (tertiary/aromatic N) is 2. The second kappa shape index (κ2) is 5.63. The van der Waals surface area contributed by atoms with Crippen LogP contribution in [0.1, 0.15) is 43.0 Å². The van der Waals surface area contributed by atoms with E-state index in [1.54, 1.807) is 0 Å². The van der Waals surface area contributed by atoms with Gasteiger partial charge in [0.25, 0.3) is 0 Å². The Morgan fingerprint density at radius 2 is 2.25 bits per heavy atom. The fraction of sp³-hybridized carbons (Fsp3) is 0.467. The molecule has 0 saturated carbocycles. The van der Waals surface area contributed by atoms with Gasteiger partial charge in [0.15, 0.2) is 5.82 Å². The van der Waals surface area contributed by atoms with Crippen LogP contribution in [0.4, 0.5) is 0 Å². The normalized spacial score (nSPS) is 19.2. The first-order valence-electron chi connectivity index (χ1n) is 7.07. The average molecular weight is 273 g/mol. The van der Waals surface area contributed by atoms with E-state index in [4.69, 9.17) is 15.0 Å². The minimum atomic E-state index is 0.0743. The Kier molecular flexibility index (Phi) is 3.69. The van der Waals surface area contributed by atoms with Crippen LogP contribution in [0.2, 0.25) is 0 Å². The highest BCUT2D eigenvalue weighted by molar-refractivity contribution is 5.40. The van der Waals surface area contributed by atoms with E-state index >= 15 is 0 Å². The summed E-state index contributed by atoms with van der Waals surface area (Å²) in [7, 11) is 0. The fourth-order valence-electron chi connectivity index (χ4n) is 2.47. The van der Waals surface area contributed by atoms with Crippen molar-refractivity contribution in [1.29, 1.82) is 0 Å². The largest absolute Gasteiger partial charge is 0.493 e. The molecule has 20 heavy (non-hydrogen) atoms. The molecular weight excluding hydrogens is 254 g/mol. The molecule has 2 aromatic rings. The van der Waals surface area contributed by atoms with Crippen molar-refractivity contribution in [2.45, 2.75) is 38.1 Å². The molecule has 0 radical (unpaired) electrons. The quantitative estimate of drug-likeness (QED) is 0.925. The Labute approximate surface area is 118 Å². The molecule has 0 amide bonds. The molecule has 0 bridgehead atoms. The van der Waals surface area contributed by atoms with Crippen LogP contribution in [-0.2, 0) is 6.42 Å². The van der Waals surface area contributed by atoms with E-state index in [2.05, 4.69) is 23.1 Å². The molecule has 2 unspecified atom stereocenters. The van der Waals surface area contributed by atoms with Crippen molar-refractivity contribution in [3.8, 4) is 5.75 Å². The summed E-state index contributed by atoms with van der Waals surface area (Å²) in [5.74, 6) is 2.42. The second-order valence-electron chi connectivity index (χ2n) is 5.15. The number of hydrogen-bond acceptors (Lipinski definition) is 5.